The molecule has 0 saturated heterocycles. The van der Waals surface area contributed by atoms with Crippen molar-refractivity contribution < 1.29 is 22.4 Å². The highest BCUT2D eigenvalue weighted by Gasteiger charge is 2.25. The minimum atomic E-state index is -3.65. The van der Waals surface area contributed by atoms with Crippen LogP contribution in [0.3, 0.4) is 0 Å². The van der Waals surface area contributed by atoms with E-state index in [-0.39, 0.29) is 28.7 Å². The van der Waals surface area contributed by atoms with Gasteiger partial charge in [0.25, 0.3) is 0 Å². The van der Waals surface area contributed by atoms with Crippen molar-refractivity contribution in [1.82, 2.24) is 0 Å². The Bertz CT molecular complexity index is 1000. The van der Waals surface area contributed by atoms with Gasteiger partial charge >= 0.3 is 0 Å². The van der Waals surface area contributed by atoms with Gasteiger partial charge in [0.2, 0.25) is 11.8 Å². The second-order valence-corrected chi connectivity index (χ2v) is 8.45. The Morgan fingerprint density at radius 3 is 2.67 bits per heavy atom. The summed E-state index contributed by atoms with van der Waals surface area (Å²) in [5, 5.41) is 2.48. The highest BCUT2D eigenvalue weighted by atomic mass is 32.2. The van der Waals surface area contributed by atoms with Crippen molar-refractivity contribution in [2.24, 2.45) is 0 Å². The molecule has 0 aromatic heterocycles. The first kappa shape index (κ1) is 19.0. The number of nitrogens with one attached hydrogen (secondary N) is 1. The molecule has 0 fully saturated rings. The molecule has 0 saturated carbocycles. The van der Waals surface area contributed by atoms with Crippen LogP contribution in [0.1, 0.15) is 18.9 Å². The highest BCUT2D eigenvalue weighted by Crippen LogP contribution is 2.30. The highest BCUT2D eigenvalue weighted by molar-refractivity contribution is 7.91. The van der Waals surface area contributed by atoms with E-state index in [2.05, 4.69) is 5.32 Å². The molecule has 2 aromatic rings. The van der Waals surface area contributed by atoms with E-state index in [0.717, 1.165) is 17.3 Å². The van der Waals surface area contributed by atoms with Gasteiger partial charge in [-0.15, -0.1) is 0 Å². The number of amides is 2. The number of carbonyl (C=O) groups excluding carboxylic acids is 2. The largest absolute Gasteiger partial charge is 0.326 e. The van der Waals surface area contributed by atoms with E-state index < -0.39 is 21.6 Å². The number of rotatable bonds is 5. The van der Waals surface area contributed by atoms with Gasteiger partial charge in [-0.05, 0) is 48.4 Å². The fraction of sp³-hybridized carbons (Fsp3) is 0.263. The molecule has 1 aliphatic rings. The van der Waals surface area contributed by atoms with E-state index in [0.29, 0.717) is 13.0 Å². The Morgan fingerprint density at radius 2 is 1.96 bits per heavy atom. The van der Waals surface area contributed by atoms with Gasteiger partial charge in [-0.2, -0.15) is 0 Å². The molecular formula is C19H19FN2O4S. The second-order valence-electron chi connectivity index (χ2n) is 6.34. The zero-order chi connectivity index (χ0) is 19.6. The van der Waals surface area contributed by atoms with Crippen molar-refractivity contribution in [3.63, 3.8) is 0 Å². The normalized spacial score (nSPS) is 13.3. The lowest BCUT2D eigenvalue weighted by Gasteiger charge is -2.15. The maximum absolute atomic E-state index is 13.1. The lowest BCUT2D eigenvalue weighted by molar-refractivity contribution is -0.117. The molecule has 1 N–H and O–H groups in total. The number of sulfone groups is 1. The Hall–Kier alpha value is -2.74. The lowest BCUT2D eigenvalue weighted by atomic mass is 10.2. The molecular weight excluding hydrogens is 371 g/mol. The zero-order valence-corrected chi connectivity index (χ0v) is 15.6. The first-order valence-electron chi connectivity index (χ1n) is 8.45. The minimum Gasteiger partial charge on any atom is -0.326 e. The van der Waals surface area contributed by atoms with Crippen molar-refractivity contribution >= 4 is 33.0 Å². The van der Waals surface area contributed by atoms with E-state index in [1.165, 1.54) is 31.2 Å². The van der Waals surface area contributed by atoms with Crippen molar-refractivity contribution in [1.29, 1.82) is 0 Å². The van der Waals surface area contributed by atoms with Crippen molar-refractivity contribution in [2.75, 3.05) is 22.5 Å². The smallest absolute Gasteiger partial charge is 0.225 e. The van der Waals surface area contributed by atoms with Crippen LogP contribution in [0.4, 0.5) is 15.8 Å². The topological polar surface area (TPSA) is 83.6 Å². The number of halogens is 1. The molecule has 0 unspecified atom stereocenters. The molecule has 2 amide bonds. The third kappa shape index (κ3) is 4.33. The number of anilines is 2. The molecule has 0 atom stereocenters. The van der Waals surface area contributed by atoms with Crippen LogP contribution in [-0.4, -0.2) is 32.5 Å². The Morgan fingerprint density at radius 1 is 1.19 bits per heavy atom. The summed E-state index contributed by atoms with van der Waals surface area (Å²) in [4.78, 5) is 25.3. The fourth-order valence-corrected chi connectivity index (χ4v) is 4.32. The number of hydrogen-bond donors (Lipinski definition) is 1. The monoisotopic (exact) mass is 390 g/mol. The molecule has 2 aromatic carbocycles. The van der Waals surface area contributed by atoms with E-state index in [4.69, 9.17) is 0 Å². The first-order valence-corrected chi connectivity index (χ1v) is 10.1. The first-order chi connectivity index (χ1) is 12.8. The number of benzene rings is 2. The van der Waals surface area contributed by atoms with E-state index in [1.807, 2.05) is 0 Å². The minimum absolute atomic E-state index is 0.0848. The maximum atomic E-state index is 13.1. The summed E-state index contributed by atoms with van der Waals surface area (Å²) in [6, 6.07) is 10.0. The second kappa shape index (κ2) is 7.48. The van der Waals surface area contributed by atoms with Crippen LogP contribution < -0.4 is 10.2 Å². The summed E-state index contributed by atoms with van der Waals surface area (Å²) in [5.41, 5.74) is 1.81. The summed E-state index contributed by atoms with van der Waals surface area (Å²) >= 11 is 0. The summed E-state index contributed by atoms with van der Waals surface area (Å²) in [7, 11) is -3.65. The van der Waals surface area contributed by atoms with Crippen LogP contribution in [0.2, 0.25) is 0 Å². The number of carbonyl (C=O) groups is 2. The zero-order valence-electron chi connectivity index (χ0n) is 14.7. The molecule has 1 heterocycles. The molecule has 0 bridgehead atoms. The quantitative estimate of drug-likeness (QED) is 0.850. The van der Waals surface area contributed by atoms with Gasteiger partial charge < -0.3 is 10.2 Å². The molecule has 27 heavy (non-hydrogen) atoms. The van der Waals surface area contributed by atoms with E-state index >= 15 is 0 Å². The third-order valence-corrected chi connectivity index (χ3v) is 6.11. The lowest BCUT2D eigenvalue weighted by Crippen LogP contribution is -2.25. The van der Waals surface area contributed by atoms with Gasteiger partial charge in [0.15, 0.2) is 9.84 Å². The van der Waals surface area contributed by atoms with Gasteiger partial charge in [-0.3, -0.25) is 9.59 Å². The average Bonchev–Trinajstić information content (AvgIpc) is 3.03. The van der Waals surface area contributed by atoms with Crippen LogP contribution in [0.25, 0.3) is 0 Å². The molecule has 6 nitrogen and oxygen atoms in total. The molecule has 8 heteroatoms. The SMILES string of the molecule is CC(=O)N1CCc2cc(S(=O)(=O)CCC(=O)Nc3cccc(F)c3)ccc21. The third-order valence-electron chi connectivity index (χ3n) is 4.39. The molecule has 0 radical (unpaired) electrons. The molecule has 0 spiro atoms. The Labute approximate surface area is 156 Å². The van der Waals surface area contributed by atoms with Gasteiger partial charge in [-0.1, -0.05) is 6.07 Å². The van der Waals surface area contributed by atoms with E-state index in [1.54, 1.807) is 17.0 Å². The van der Waals surface area contributed by atoms with Gasteiger partial charge in [0.05, 0.1) is 10.6 Å². The van der Waals surface area contributed by atoms with Crippen LogP contribution >= 0.6 is 0 Å². The standard InChI is InChI=1S/C19H19FN2O4S/c1-13(23)22-9-7-14-11-17(5-6-18(14)22)27(25,26)10-8-19(24)21-16-4-2-3-15(20)12-16/h2-6,11-12H,7-10H2,1H3,(H,21,24). The van der Waals surface area contributed by atoms with Gasteiger partial charge in [-0.25, -0.2) is 12.8 Å². The predicted octanol–water partition coefficient (Wildman–Crippen LogP) is 2.54. The summed E-state index contributed by atoms with van der Waals surface area (Å²) < 4.78 is 38.2. The summed E-state index contributed by atoms with van der Waals surface area (Å²) in [5.74, 6) is -1.44. The average molecular weight is 390 g/mol. The van der Waals surface area contributed by atoms with Crippen molar-refractivity contribution in [3.8, 4) is 0 Å². The van der Waals surface area contributed by atoms with Gasteiger partial charge in [0.1, 0.15) is 5.82 Å². The molecule has 0 aliphatic carbocycles. The van der Waals surface area contributed by atoms with Crippen molar-refractivity contribution in [3.05, 3.63) is 53.8 Å². The van der Waals surface area contributed by atoms with Gasteiger partial charge in [0, 0.05) is 31.3 Å². The number of nitrogens with zero attached hydrogens (tertiary/aromatic N) is 1. The molecule has 142 valence electrons. The van der Waals surface area contributed by atoms with E-state index in [9.17, 15) is 22.4 Å². The number of hydrogen-bond acceptors (Lipinski definition) is 4. The van der Waals surface area contributed by atoms with Crippen LogP contribution in [0.15, 0.2) is 47.4 Å². The van der Waals surface area contributed by atoms with Crippen molar-refractivity contribution in [2.45, 2.75) is 24.7 Å². The molecule has 1 aliphatic heterocycles. The fourth-order valence-electron chi connectivity index (χ4n) is 3.03. The summed E-state index contributed by atoms with van der Waals surface area (Å²) in [6.07, 6.45) is 0.355. The van der Waals surface area contributed by atoms with Crippen LogP contribution in [0.5, 0.6) is 0 Å². The van der Waals surface area contributed by atoms with Crippen LogP contribution in [0, 0.1) is 5.82 Å². The maximum Gasteiger partial charge on any atom is 0.225 e. The number of fused-ring (bicyclic) bond motifs is 1. The van der Waals surface area contributed by atoms with Crippen LogP contribution in [-0.2, 0) is 25.8 Å². The summed E-state index contributed by atoms with van der Waals surface area (Å²) in [6.45, 7) is 2.00. The molecule has 3 rings (SSSR count). The Kier molecular flexibility index (Phi) is 5.27. The Balaban J connectivity index is 1.67. The predicted molar refractivity (Wildman–Crippen MR) is 99.9 cm³/mol.